The number of nitrogens with zero attached hydrogens (tertiary/aromatic N) is 4. The van der Waals surface area contributed by atoms with Crippen molar-refractivity contribution in [3.05, 3.63) is 12.7 Å². The Bertz CT molecular complexity index is 1130. The van der Waals surface area contributed by atoms with Crippen LogP contribution in [-0.2, 0) is 32.8 Å². The molecule has 5 N–H and O–H groups in total. The SMILES string of the molecule is CC(C)OC(=O)C(C)N[P+]1(O)OCOC(=O)O[C@@H]2[C@@H](CO1)O[C@@H](n1cnc3c(N)ncnc31)[C@]2(C)O. The van der Waals surface area contributed by atoms with E-state index in [1.165, 1.54) is 31.1 Å². The Morgan fingerprint density at radius 3 is 2.81 bits per heavy atom. The van der Waals surface area contributed by atoms with Gasteiger partial charge in [0.15, 0.2) is 23.8 Å². The Kier molecular flexibility index (Phi) is 7.30. The number of carbonyl (C=O) groups excluding carboxylic acids is 2. The number of nitrogens with one attached hydrogen (secondary N) is 1. The highest BCUT2D eigenvalue weighted by molar-refractivity contribution is 7.58. The second-order valence-corrected chi connectivity index (χ2v) is 10.5. The van der Waals surface area contributed by atoms with Crippen LogP contribution < -0.4 is 10.8 Å². The molecule has 16 nitrogen and oxygen atoms in total. The van der Waals surface area contributed by atoms with Crippen LogP contribution in [0.5, 0.6) is 0 Å². The van der Waals surface area contributed by atoms with Gasteiger partial charge in [-0.2, -0.15) is 9.42 Å². The number of carbonyl (C=O) groups is 2. The summed E-state index contributed by atoms with van der Waals surface area (Å²) in [5.41, 5.74) is 4.57. The van der Waals surface area contributed by atoms with Gasteiger partial charge in [-0.15, -0.1) is 9.61 Å². The summed E-state index contributed by atoms with van der Waals surface area (Å²) in [6.07, 6.45) is -2.57. The van der Waals surface area contributed by atoms with Crippen LogP contribution in [0.25, 0.3) is 11.2 Å². The molecule has 0 aromatic carbocycles. The van der Waals surface area contributed by atoms with Gasteiger partial charge in [0.2, 0.25) is 6.79 Å². The predicted octanol–water partition coefficient (Wildman–Crippen LogP) is 0.183. The first kappa shape index (κ1) is 26.3. The second kappa shape index (κ2) is 9.97. The molecule has 36 heavy (non-hydrogen) atoms. The van der Waals surface area contributed by atoms with Crippen LogP contribution in [-0.4, -0.2) is 85.0 Å². The fourth-order valence-electron chi connectivity index (χ4n) is 3.80. The number of cyclic esters (lactones) is 1. The molecule has 0 saturated carbocycles. The van der Waals surface area contributed by atoms with Gasteiger partial charge in [-0.1, -0.05) is 0 Å². The molecule has 6 atom stereocenters. The molecule has 0 aliphatic carbocycles. The van der Waals surface area contributed by atoms with Gasteiger partial charge in [0.25, 0.3) is 0 Å². The van der Waals surface area contributed by atoms with E-state index in [2.05, 4.69) is 20.0 Å². The number of fused-ring (bicyclic) bond motifs is 2. The molecular formula is C19H28N6O10P+. The molecule has 0 radical (unpaired) electrons. The number of nitrogens with two attached hydrogens (primary N) is 1. The van der Waals surface area contributed by atoms with Gasteiger partial charge in [-0.25, -0.2) is 19.7 Å². The van der Waals surface area contributed by atoms with Gasteiger partial charge in [-0.05, 0) is 27.7 Å². The lowest BCUT2D eigenvalue weighted by Gasteiger charge is -2.30. The summed E-state index contributed by atoms with van der Waals surface area (Å²) < 4.78 is 33.5. The number of ether oxygens (including phenoxy) is 4. The number of aromatic nitrogens is 4. The minimum Gasteiger partial charge on any atom is -0.462 e. The minimum absolute atomic E-state index is 0.127. The van der Waals surface area contributed by atoms with Crippen molar-refractivity contribution in [3.8, 4) is 0 Å². The number of nitrogen functional groups attached to an aromatic ring is 1. The van der Waals surface area contributed by atoms with Crippen molar-refractivity contribution in [1.82, 2.24) is 24.6 Å². The molecule has 17 heteroatoms. The highest BCUT2D eigenvalue weighted by atomic mass is 31.2. The summed E-state index contributed by atoms with van der Waals surface area (Å²) in [4.78, 5) is 47.6. The first-order chi connectivity index (χ1) is 16.9. The van der Waals surface area contributed by atoms with Gasteiger partial charge in [0, 0.05) is 0 Å². The van der Waals surface area contributed by atoms with Crippen molar-refractivity contribution < 1.29 is 47.6 Å². The van der Waals surface area contributed by atoms with Gasteiger partial charge < -0.3 is 29.8 Å². The Morgan fingerprint density at radius 1 is 1.33 bits per heavy atom. The average molecular weight is 531 g/mol. The van der Waals surface area contributed by atoms with Crippen LogP contribution in [0.4, 0.5) is 10.6 Å². The average Bonchev–Trinajstić information content (AvgIpc) is 3.31. The zero-order valence-corrected chi connectivity index (χ0v) is 20.8. The molecule has 4 rings (SSSR count). The van der Waals surface area contributed by atoms with Gasteiger partial charge >= 0.3 is 20.2 Å². The van der Waals surface area contributed by atoms with Gasteiger partial charge in [0.05, 0.1) is 12.4 Å². The molecule has 2 aliphatic heterocycles. The molecule has 2 aliphatic rings. The number of anilines is 1. The highest BCUT2D eigenvalue weighted by Gasteiger charge is 2.59. The smallest absolute Gasteiger partial charge is 0.462 e. The topological polar surface area (TPSA) is 212 Å². The van der Waals surface area contributed by atoms with Crippen molar-refractivity contribution in [2.75, 3.05) is 19.1 Å². The highest BCUT2D eigenvalue weighted by Crippen LogP contribution is 2.54. The fraction of sp³-hybridized carbons (Fsp3) is 0.632. The van der Waals surface area contributed by atoms with E-state index in [1.807, 2.05) is 0 Å². The molecule has 198 valence electrons. The number of hydrogen-bond acceptors (Lipinski definition) is 15. The number of hydrogen-bond donors (Lipinski definition) is 4. The second-order valence-electron chi connectivity index (χ2n) is 8.67. The first-order valence-corrected chi connectivity index (χ1v) is 12.5. The van der Waals surface area contributed by atoms with Crippen LogP contribution >= 0.6 is 8.09 Å². The largest absolute Gasteiger partial charge is 0.511 e. The predicted molar refractivity (Wildman–Crippen MR) is 120 cm³/mol. The lowest BCUT2D eigenvalue weighted by atomic mass is 9.96. The third kappa shape index (κ3) is 5.20. The summed E-state index contributed by atoms with van der Waals surface area (Å²) in [6.45, 7) is 5.02. The number of esters is 1. The van der Waals surface area contributed by atoms with Crippen molar-refractivity contribution in [2.45, 2.75) is 63.9 Å². The molecule has 2 aromatic heterocycles. The van der Waals surface area contributed by atoms with E-state index in [4.69, 9.17) is 33.7 Å². The number of rotatable bonds is 5. The molecular weight excluding hydrogens is 503 g/mol. The molecule has 2 fully saturated rings. The van der Waals surface area contributed by atoms with E-state index < -0.39 is 63.7 Å². The van der Waals surface area contributed by atoms with Crippen molar-refractivity contribution >= 4 is 37.2 Å². The van der Waals surface area contributed by atoms with Crippen LogP contribution in [0, 0.1) is 0 Å². The lowest BCUT2D eigenvalue weighted by molar-refractivity contribution is -0.149. The summed E-state index contributed by atoms with van der Waals surface area (Å²) >= 11 is 0. The van der Waals surface area contributed by atoms with E-state index >= 15 is 0 Å². The summed E-state index contributed by atoms with van der Waals surface area (Å²) in [7, 11) is -3.98. The zero-order valence-electron chi connectivity index (χ0n) is 19.9. The first-order valence-electron chi connectivity index (χ1n) is 10.9. The minimum atomic E-state index is -3.98. The Morgan fingerprint density at radius 2 is 2.08 bits per heavy atom. The zero-order chi connectivity index (χ0) is 26.3. The fourth-order valence-corrected chi connectivity index (χ4v) is 5.17. The summed E-state index contributed by atoms with van der Waals surface area (Å²) in [5, 5.41) is 13.9. The maximum atomic E-state index is 12.3. The molecule has 0 amide bonds. The van der Waals surface area contributed by atoms with Crippen molar-refractivity contribution in [1.29, 1.82) is 0 Å². The van der Waals surface area contributed by atoms with Crippen molar-refractivity contribution in [3.63, 3.8) is 0 Å². The third-order valence-corrected chi connectivity index (χ3v) is 7.13. The Hall–Kier alpha value is -2.72. The quantitative estimate of drug-likeness (QED) is 0.299. The molecule has 2 aromatic rings. The maximum Gasteiger partial charge on any atom is 0.511 e. The normalized spacial score (nSPS) is 32.0. The summed E-state index contributed by atoms with van der Waals surface area (Å²) in [6, 6.07) is -1.03. The van der Waals surface area contributed by atoms with E-state index in [9.17, 15) is 19.6 Å². The summed E-state index contributed by atoms with van der Waals surface area (Å²) in [5.74, 6) is -0.531. The van der Waals surface area contributed by atoms with E-state index in [1.54, 1.807) is 13.8 Å². The van der Waals surface area contributed by atoms with Gasteiger partial charge in [-0.3, -0.25) is 9.36 Å². The molecule has 4 heterocycles. The van der Waals surface area contributed by atoms with Crippen LogP contribution in [0.2, 0.25) is 0 Å². The Balaban J connectivity index is 1.58. The monoisotopic (exact) mass is 531 g/mol. The van der Waals surface area contributed by atoms with Crippen LogP contribution in [0.3, 0.4) is 0 Å². The molecule has 2 saturated heterocycles. The van der Waals surface area contributed by atoms with Crippen molar-refractivity contribution in [2.24, 2.45) is 0 Å². The molecule has 0 bridgehead atoms. The van der Waals surface area contributed by atoms with E-state index in [0.717, 1.165) is 0 Å². The standard InChI is InChI=1S/C19H28N6O10P/c1-9(2)33-16(26)10(3)24-36(29)31-5-11-13(35-18(27)30-8-32-36)19(4,28)17(34-11)25-7-23-12-14(20)21-6-22-15(12)25/h6-7,9-11,13,17,24,28-29H,5,8H2,1-4H3,(H2,20,21,22)/q+1/t10?,11-,13-,17-,19-,36?/m1/s1. The molecule has 2 unspecified atom stereocenters. The Labute approximate surface area is 205 Å². The maximum absolute atomic E-state index is 12.3. The van der Waals surface area contributed by atoms with E-state index in [-0.39, 0.29) is 23.1 Å². The molecule has 0 spiro atoms. The number of imidazole rings is 1. The third-order valence-electron chi connectivity index (χ3n) is 5.46. The van der Waals surface area contributed by atoms with E-state index in [0.29, 0.717) is 0 Å². The van der Waals surface area contributed by atoms with Crippen LogP contribution in [0.1, 0.15) is 33.9 Å². The number of aliphatic hydroxyl groups is 1. The lowest BCUT2D eigenvalue weighted by Crippen LogP contribution is -2.48. The van der Waals surface area contributed by atoms with Gasteiger partial charge in [0.1, 0.15) is 36.2 Å². The van der Waals surface area contributed by atoms with Crippen LogP contribution in [0.15, 0.2) is 12.7 Å².